The molecule has 0 bridgehead atoms. The summed E-state index contributed by atoms with van der Waals surface area (Å²) in [7, 11) is 0. The lowest BCUT2D eigenvalue weighted by Crippen LogP contribution is -2.61. The highest BCUT2D eigenvalue weighted by Gasteiger charge is 2.49. The third-order valence-electron chi connectivity index (χ3n) is 17.3. The van der Waals surface area contributed by atoms with Gasteiger partial charge in [-0.15, -0.1) is 22.7 Å². The monoisotopic (exact) mass is 928 g/mol. The van der Waals surface area contributed by atoms with Crippen LogP contribution in [-0.4, -0.2) is 6.71 Å². The van der Waals surface area contributed by atoms with Crippen molar-refractivity contribution in [1.29, 1.82) is 0 Å². The minimum atomic E-state index is -0.0145. The molecule has 4 heterocycles. The summed E-state index contributed by atoms with van der Waals surface area (Å²) in [5.74, 6) is 0. The lowest BCUT2D eigenvalue weighted by atomic mass is 9.35. The third kappa shape index (κ3) is 6.32. The van der Waals surface area contributed by atoms with Crippen LogP contribution in [0.25, 0.3) is 30.3 Å². The molecule has 0 saturated heterocycles. The quantitative estimate of drug-likeness (QED) is 0.159. The summed E-state index contributed by atoms with van der Waals surface area (Å²) in [6.07, 6.45) is 4.76. The van der Waals surface area contributed by atoms with Gasteiger partial charge in [0.25, 0.3) is 6.71 Å². The van der Waals surface area contributed by atoms with E-state index in [0.29, 0.717) is 0 Å². The van der Waals surface area contributed by atoms with Crippen molar-refractivity contribution < 1.29 is 0 Å². The Morgan fingerprint density at radius 2 is 1.12 bits per heavy atom. The highest BCUT2D eigenvalue weighted by atomic mass is 32.1. The first-order valence-electron chi connectivity index (χ1n) is 25.5. The fourth-order valence-electron chi connectivity index (χ4n) is 13.0. The number of thiophene rings is 2. The summed E-state index contributed by atoms with van der Waals surface area (Å²) in [5, 5.41) is 4.08. The van der Waals surface area contributed by atoms with E-state index in [9.17, 15) is 0 Å². The van der Waals surface area contributed by atoms with Crippen molar-refractivity contribution in [2.45, 2.75) is 162 Å². The summed E-state index contributed by atoms with van der Waals surface area (Å²) in [5.41, 5.74) is 21.2. The van der Waals surface area contributed by atoms with Gasteiger partial charge >= 0.3 is 0 Å². The van der Waals surface area contributed by atoms with Gasteiger partial charge in [0, 0.05) is 57.8 Å². The molecule has 8 aromatic rings. The lowest BCUT2D eigenvalue weighted by Gasteiger charge is -2.47. The molecule has 2 aliphatic carbocycles. The van der Waals surface area contributed by atoms with E-state index in [0.717, 1.165) is 0 Å². The Bertz CT molecular complexity index is 3470. The van der Waals surface area contributed by atoms with Crippen molar-refractivity contribution in [2.75, 3.05) is 9.80 Å². The number of anilines is 6. The van der Waals surface area contributed by atoms with Gasteiger partial charge in [-0.3, -0.25) is 0 Å². The van der Waals surface area contributed by atoms with E-state index in [2.05, 4.69) is 211 Å². The van der Waals surface area contributed by atoms with E-state index in [1.54, 1.807) is 0 Å². The van der Waals surface area contributed by atoms with Gasteiger partial charge in [-0.05, 0) is 170 Å². The van der Waals surface area contributed by atoms with Gasteiger partial charge in [0.15, 0.2) is 0 Å². The molecule has 0 atom stereocenters. The summed E-state index contributed by atoms with van der Waals surface area (Å²) in [4.78, 5) is 5.48. The van der Waals surface area contributed by atoms with Crippen molar-refractivity contribution in [3.8, 4) is 0 Å². The van der Waals surface area contributed by atoms with Gasteiger partial charge in [0.1, 0.15) is 0 Å². The van der Waals surface area contributed by atoms with Crippen LogP contribution in [0.5, 0.6) is 0 Å². The van der Waals surface area contributed by atoms with Gasteiger partial charge in [0.2, 0.25) is 0 Å². The van der Waals surface area contributed by atoms with Crippen LogP contribution < -0.4 is 25.5 Å². The third-order valence-corrected chi connectivity index (χ3v) is 19.7. The van der Waals surface area contributed by atoms with Crippen LogP contribution in [0.4, 0.5) is 34.1 Å². The van der Waals surface area contributed by atoms with Crippen LogP contribution in [0.2, 0.25) is 0 Å². The number of fused-ring (bicyclic) bond motifs is 11. The standard InChI is InChI=1S/C63H69BN2S2/c1-36-30-49-54-50(31-36)66(47-24-23-42(59(5,6)7)56-53(47)39-18-16-17-19-51(39)67-56)55-40-32-37(58(2,3)4)20-25-52(40)68-57(55)64(54)46-34-44-45(63(14,15)29-28-62(44,12)13)35-48(46)65(49)38-21-22-41-43(33-38)61(10,11)27-26-60(41,8)9/h16-25,30-35H,26-29H2,1-15H3. The molecule has 5 heteroatoms. The normalized spacial score (nSPS) is 18.7. The highest BCUT2D eigenvalue weighted by Crippen LogP contribution is 2.56. The first-order chi connectivity index (χ1) is 31.9. The Morgan fingerprint density at radius 1 is 0.515 bits per heavy atom. The number of benzene rings is 6. The molecule has 346 valence electrons. The molecular formula is C63H69BN2S2. The SMILES string of the molecule is Cc1cc2c3c(c1)N(c1ccc(C(C)(C)C)c4sc5ccccc5c14)c1c(sc4ccc(C(C)(C)C)cc14)B3c1cc3c(cc1N2c1ccc2c(c1)C(C)(C)CCC2(C)C)C(C)(C)CCC3(C)C. The fraction of sp³-hybridized carbons (Fsp3) is 0.397. The molecule has 0 saturated carbocycles. The maximum absolute atomic E-state index is 2.75. The van der Waals surface area contributed by atoms with Crippen LogP contribution >= 0.6 is 22.7 Å². The summed E-state index contributed by atoms with van der Waals surface area (Å²) in [6, 6.07) is 39.5. The molecule has 0 N–H and O–H groups in total. The Morgan fingerprint density at radius 3 is 1.78 bits per heavy atom. The predicted octanol–water partition coefficient (Wildman–Crippen LogP) is 17.0. The smallest absolute Gasteiger partial charge is 0.264 e. The molecule has 0 spiro atoms. The number of aryl methyl sites for hydroxylation is 1. The van der Waals surface area contributed by atoms with Crippen LogP contribution in [0.1, 0.15) is 162 Å². The Balaban J connectivity index is 1.24. The average Bonchev–Trinajstić information content (AvgIpc) is 3.84. The van der Waals surface area contributed by atoms with E-state index >= 15 is 0 Å². The largest absolute Gasteiger partial charge is 0.311 e. The van der Waals surface area contributed by atoms with Crippen molar-refractivity contribution in [1.82, 2.24) is 0 Å². The number of hydrogen-bond acceptors (Lipinski definition) is 4. The number of hydrogen-bond donors (Lipinski definition) is 0. The van der Waals surface area contributed by atoms with Gasteiger partial charge in [-0.25, -0.2) is 0 Å². The number of rotatable bonds is 2. The predicted molar refractivity (Wildman–Crippen MR) is 301 cm³/mol. The molecule has 68 heavy (non-hydrogen) atoms. The maximum Gasteiger partial charge on any atom is 0.264 e. The first kappa shape index (κ1) is 44.4. The van der Waals surface area contributed by atoms with Crippen molar-refractivity contribution in [3.63, 3.8) is 0 Å². The van der Waals surface area contributed by atoms with E-state index < -0.39 is 0 Å². The summed E-state index contributed by atoms with van der Waals surface area (Å²) in [6.45, 7) is 36.5. The first-order valence-corrected chi connectivity index (χ1v) is 27.1. The molecule has 0 amide bonds. The van der Waals surface area contributed by atoms with Gasteiger partial charge in [-0.1, -0.05) is 139 Å². The van der Waals surface area contributed by atoms with Crippen LogP contribution in [0, 0.1) is 6.92 Å². The topological polar surface area (TPSA) is 6.48 Å². The van der Waals surface area contributed by atoms with Crippen molar-refractivity contribution in [3.05, 3.63) is 136 Å². The maximum atomic E-state index is 2.75. The summed E-state index contributed by atoms with van der Waals surface area (Å²) >= 11 is 4.01. The second-order valence-corrected chi connectivity index (χ2v) is 28.1. The zero-order valence-electron chi connectivity index (χ0n) is 43.4. The van der Waals surface area contributed by atoms with Crippen molar-refractivity contribution >= 4 is 109 Å². The van der Waals surface area contributed by atoms with E-state index in [4.69, 9.17) is 0 Å². The molecule has 0 unspecified atom stereocenters. The van der Waals surface area contributed by atoms with Crippen LogP contribution in [-0.2, 0) is 32.5 Å². The van der Waals surface area contributed by atoms with Crippen LogP contribution in [0.3, 0.4) is 0 Å². The van der Waals surface area contributed by atoms with Crippen molar-refractivity contribution in [2.24, 2.45) is 0 Å². The van der Waals surface area contributed by atoms with Crippen LogP contribution in [0.15, 0.2) is 97.1 Å². The molecular weight excluding hydrogens is 860 g/mol. The second-order valence-electron chi connectivity index (χ2n) is 26.0. The van der Waals surface area contributed by atoms with Gasteiger partial charge in [-0.2, -0.15) is 0 Å². The Kier molecular flexibility index (Phi) is 9.24. The molecule has 0 fully saturated rings. The van der Waals surface area contributed by atoms with E-state index in [1.165, 1.54) is 145 Å². The molecule has 2 aromatic heterocycles. The van der Waals surface area contributed by atoms with Gasteiger partial charge in [0.05, 0.1) is 11.4 Å². The molecule has 6 aromatic carbocycles. The minimum Gasteiger partial charge on any atom is -0.311 e. The van der Waals surface area contributed by atoms with E-state index in [1.807, 2.05) is 22.7 Å². The molecule has 12 rings (SSSR count). The Hall–Kier alpha value is -4.84. The van der Waals surface area contributed by atoms with Gasteiger partial charge < -0.3 is 9.80 Å². The Labute approximate surface area is 414 Å². The molecule has 2 aliphatic heterocycles. The minimum absolute atomic E-state index is 0.00337. The average molecular weight is 929 g/mol. The molecule has 2 nitrogen and oxygen atoms in total. The second kappa shape index (κ2) is 14.2. The zero-order valence-corrected chi connectivity index (χ0v) is 45.0. The lowest BCUT2D eigenvalue weighted by molar-refractivity contribution is 0.332. The molecule has 4 aliphatic rings. The number of nitrogens with zero attached hydrogens (tertiary/aromatic N) is 2. The highest BCUT2D eigenvalue weighted by molar-refractivity contribution is 7.33. The van der Waals surface area contributed by atoms with E-state index in [-0.39, 0.29) is 39.2 Å². The fourth-order valence-corrected chi connectivity index (χ4v) is 15.7. The molecule has 0 radical (unpaired) electrons. The summed E-state index contributed by atoms with van der Waals surface area (Å²) < 4.78 is 5.57. The zero-order chi connectivity index (χ0) is 48.0.